The van der Waals surface area contributed by atoms with E-state index in [2.05, 4.69) is 0 Å². The first-order valence-corrected chi connectivity index (χ1v) is 5.27. The topological polar surface area (TPSA) is 45.4 Å². The van der Waals surface area contributed by atoms with Crippen LogP contribution in [0.3, 0.4) is 0 Å². The number of aromatic nitrogens is 1. The van der Waals surface area contributed by atoms with E-state index in [9.17, 15) is 0 Å². The van der Waals surface area contributed by atoms with Crippen LogP contribution >= 0.6 is 0 Å². The first kappa shape index (κ1) is 10.9. The normalized spacial score (nSPS) is 10.6. The summed E-state index contributed by atoms with van der Waals surface area (Å²) in [7, 11) is 0. The van der Waals surface area contributed by atoms with E-state index in [4.69, 9.17) is 10.2 Å². The standard InChI is InChI=1S/C13H15NO2/c15-9-12-5-3-11(4-6-12)8-14-7-1-2-13(14)10-16/h1-7,15-16H,8-10H2. The lowest BCUT2D eigenvalue weighted by molar-refractivity contribution is 0.271. The summed E-state index contributed by atoms with van der Waals surface area (Å²) in [5.41, 5.74) is 2.98. The molecule has 0 aliphatic rings. The van der Waals surface area contributed by atoms with Gasteiger partial charge in [-0.15, -0.1) is 0 Å². The van der Waals surface area contributed by atoms with Crippen LogP contribution in [0.4, 0.5) is 0 Å². The fraction of sp³-hybridized carbons (Fsp3) is 0.231. The summed E-state index contributed by atoms with van der Waals surface area (Å²) in [5, 5.41) is 18.0. The van der Waals surface area contributed by atoms with Crippen molar-refractivity contribution in [2.24, 2.45) is 0 Å². The Balaban J connectivity index is 2.14. The lowest BCUT2D eigenvalue weighted by Gasteiger charge is -2.07. The molecule has 84 valence electrons. The Morgan fingerprint density at radius 1 is 0.875 bits per heavy atom. The Morgan fingerprint density at radius 3 is 2.19 bits per heavy atom. The van der Waals surface area contributed by atoms with E-state index in [-0.39, 0.29) is 13.2 Å². The maximum atomic E-state index is 9.11. The van der Waals surface area contributed by atoms with E-state index in [1.165, 1.54) is 0 Å². The Morgan fingerprint density at radius 2 is 1.56 bits per heavy atom. The van der Waals surface area contributed by atoms with Crippen molar-refractivity contribution in [2.45, 2.75) is 19.8 Å². The summed E-state index contributed by atoms with van der Waals surface area (Å²) in [6.45, 7) is 0.877. The quantitative estimate of drug-likeness (QED) is 0.815. The second-order valence-corrected chi connectivity index (χ2v) is 3.76. The molecule has 0 radical (unpaired) electrons. The molecule has 2 rings (SSSR count). The number of hydrogen-bond acceptors (Lipinski definition) is 2. The van der Waals surface area contributed by atoms with Crippen molar-refractivity contribution < 1.29 is 10.2 Å². The average Bonchev–Trinajstić information content (AvgIpc) is 2.77. The smallest absolute Gasteiger partial charge is 0.0832 e. The van der Waals surface area contributed by atoms with Crippen LogP contribution in [0, 0.1) is 0 Å². The highest BCUT2D eigenvalue weighted by Gasteiger charge is 2.00. The molecule has 2 N–H and O–H groups in total. The minimum absolute atomic E-state index is 0.0573. The molecule has 3 nitrogen and oxygen atoms in total. The Hall–Kier alpha value is -1.58. The molecule has 16 heavy (non-hydrogen) atoms. The van der Waals surface area contributed by atoms with Crippen LogP contribution < -0.4 is 0 Å². The highest BCUT2D eigenvalue weighted by atomic mass is 16.3. The minimum atomic E-state index is 0.0573. The summed E-state index contributed by atoms with van der Waals surface area (Å²) in [6, 6.07) is 11.6. The van der Waals surface area contributed by atoms with Crippen LogP contribution in [-0.2, 0) is 19.8 Å². The molecule has 1 aromatic heterocycles. The zero-order chi connectivity index (χ0) is 11.4. The molecule has 0 unspecified atom stereocenters. The molecule has 0 amide bonds. The highest BCUT2D eigenvalue weighted by molar-refractivity contribution is 5.23. The lowest BCUT2D eigenvalue weighted by Crippen LogP contribution is -2.02. The number of nitrogens with zero attached hydrogens (tertiary/aromatic N) is 1. The Bertz CT molecular complexity index is 445. The predicted octanol–water partition coefficient (Wildman–Crippen LogP) is 1.52. The van der Waals surface area contributed by atoms with Gasteiger partial charge in [-0.2, -0.15) is 0 Å². The molecule has 0 atom stereocenters. The Labute approximate surface area is 94.6 Å². The van der Waals surface area contributed by atoms with Gasteiger partial charge in [-0.25, -0.2) is 0 Å². The number of aliphatic hydroxyl groups is 2. The van der Waals surface area contributed by atoms with Gasteiger partial charge in [0.1, 0.15) is 0 Å². The molecule has 0 spiro atoms. The predicted molar refractivity (Wildman–Crippen MR) is 61.8 cm³/mol. The summed E-state index contributed by atoms with van der Waals surface area (Å²) < 4.78 is 2.01. The van der Waals surface area contributed by atoms with E-state index in [0.29, 0.717) is 0 Å². The van der Waals surface area contributed by atoms with E-state index < -0.39 is 0 Å². The van der Waals surface area contributed by atoms with Crippen LogP contribution in [0.5, 0.6) is 0 Å². The van der Waals surface area contributed by atoms with Crippen molar-refractivity contribution in [1.29, 1.82) is 0 Å². The van der Waals surface area contributed by atoms with Gasteiger partial charge in [0.05, 0.1) is 13.2 Å². The van der Waals surface area contributed by atoms with Crippen LogP contribution in [0.1, 0.15) is 16.8 Å². The maximum absolute atomic E-state index is 9.11. The average molecular weight is 217 g/mol. The third-order valence-electron chi connectivity index (χ3n) is 2.64. The third kappa shape index (κ3) is 2.32. The first-order chi connectivity index (χ1) is 7.83. The number of aliphatic hydroxyl groups excluding tert-OH is 2. The number of rotatable bonds is 4. The molecular formula is C13H15NO2. The lowest BCUT2D eigenvalue weighted by atomic mass is 10.1. The van der Waals surface area contributed by atoms with Gasteiger partial charge in [0.15, 0.2) is 0 Å². The second kappa shape index (κ2) is 4.96. The van der Waals surface area contributed by atoms with Crippen molar-refractivity contribution in [3.63, 3.8) is 0 Å². The molecule has 1 heterocycles. The highest BCUT2D eigenvalue weighted by Crippen LogP contribution is 2.09. The van der Waals surface area contributed by atoms with Gasteiger partial charge in [-0.05, 0) is 23.3 Å². The summed E-state index contributed by atoms with van der Waals surface area (Å²) >= 11 is 0. The molecule has 0 bridgehead atoms. The van der Waals surface area contributed by atoms with Gasteiger partial charge >= 0.3 is 0 Å². The van der Waals surface area contributed by atoms with Crippen LogP contribution in [0.2, 0.25) is 0 Å². The van der Waals surface area contributed by atoms with Gasteiger partial charge < -0.3 is 14.8 Å². The minimum Gasteiger partial charge on any atom is -0.392 e. The van der Waals surface area contributed by atoms with Crippen LogP contribution in [-0.4, -0.2) is 14.8 Å². The molecule has 1 aromatic carbocycles. The SMILES string of the molecule is OCc1ccc(Cn2cccc2CO)cc1. The van der Waals surface area contributed by atoms with E-state index >= 15 is 0 Å². The maximum Gasteiger partial charge on any atom is 0.0832 e. The molecule has 0 saturated carbocycles. The first-order valence-electron chi connectivity index (χ1n) is 5.27. The monoisotopic (exact) mass is 217 g/mol. The fourth-order valence-corrected chi connectivity index (χ4v) is 1.69. The van der Waals surface area contributed by atoms with Crippen molar-refractivity contribution in [3.05, 3.63) is 59.4 Å². The van der Waals surface area contributed by atoms with Crippen LogP contribution in [0.25, 0.3) is 0 Å². The van der Waals surface area contributed by atoms with Gasteiger partial charge in [0.25, 0.3) is 0 Å². The largest absolute Gasteiger partial charge is 0.392 e. The summed E-state index contributed by atoms with van der Waals surface area (Å²) in [4.78, 5) is 0. The molecule has 0 aliphatic heterocycles. The molecule has 3 heteroatoms. The van der Waals surface area contributed by atoms with Crippen molar-refractivity contribution in [2.75, 3.05) is 0 Å². The molecule has 2 aromatic rings. The number of benzene rings is 1. The number of hydrogen-bond donors (Lipinski definition) is 2. The van der Waals surface area contributed by atoms with Crippen molar-refractivity contribution >= 4 is 0 Å². The summed E-state index contributed by atoms with van der Waals surface area (Å²) in [5.74, 6) is 0. The second-order valence-electron chi connectivity index (χ2n) is 3.76. The summed E-state index contributed by atoms with van der Waals surface area (Å²) in [6.07, 6.45) is 1.95. The fourth-order valence-electron chi connectivity index (χ4n) is 1.69. The Kier molecular flexibility index (Phi) is 3.39. The van der Waals surface area contributed by atoms with Gasteiger partial charge in [0, 0.05) is 18.4 Å². The zero-order valence-corrected chi connectivity index (χ0v) is 9.00. The molecule has 0 saturated heterocycles. The van der Waals surface area contributed by atoms with Crippen LogP contribution in [0.15, 0.2) is 42.6 Å². The van der Waals surface area contributed by atoms with Gasteiger partial charge in [0.2, 0.25) is 0 Å². The van der Waals surface area contributed by atoms with Gasteiger partial charge in [-0.3, -0.25) is 0 Å². The van der Waals surface area contributed by atoms with Crippen molar-refractivity contribution in [1.82, 2.24) is 4.57 Å². The van der Waals surface area contributed by atoms with E-state index in [0.717, 1.165) is 23.4 Å². The third-order valence-corrected chi connectivity index (χ3v) is 2.64. The van der Waals surface area contributed by atoms with Gasteiger partial charge in [-0.1, -0.05) is 24.3 Å². The molecule has 0 fully saturated rings. The zero-order valence-electron chi connectivity index (χ0n) is 9.00. The van der Waals surface area contributed by atoms with E-state index in [1.807, 2.05) is 47.2 Å². The van der Waals surface area contributed by atoms with Crippen molar-refractivity contribution in [3.8, 4) is 0 Å². The molecular weight excluding hydrogens is 202 g/mol. The van der Waals surface area contributed by atoms with E-state index in [1.54, 1.807) is 0 Å². The molecule has 0 aliphatic carbocycles.